The van der Waals surface area contributed by atoms with Crippen molar-refractivity contribution in [3.63, 3.8) is 0 Å². The van der Waals surface area contributed by atoms with E-state index in [2.05, 4.69) is 48.6 Å². The summed E-state index contributed by atoms with van der Waals surface area (Å²) in [5.74, 6) is 2.50. The number of quaternary nitrogens is 2. The standard InChI is InChI=1S/C19H30N6O/c1-15(2)13-18(24-11-9-23(3)10-12-24)19-20-21-22-25(19)14-16-5-7-17(26-4)8-6-16/h5-8,15,18H,9-14H2,1-4H3/p+2/t18-/m0/s1. The third-order valence-corrected chi connectivity index (χ3v) is 5.31. The number of hydrogen-bond acceptors (Lipinski definition) is 4. The van der Waals surface area contributed by atoms with Crippen molar-refractivity contribution in [3.8, 4) is 5.75 Å². The first-order chi connectivity index (χ1) is 12.6. The molecule has 7 nitrogen and oxygen atoms in total. The number of nitrogens with zero attached hydrogens (tertiary/aromatic N) is 4. The summed E-state index contributed by atoms with van der Waals surface area (Å²) < 4.78 is 7.22. The van der Waals surface area contributed by atoms with Crippen LogP contribution in [0.4, 0.5) is 0 Å². The van der Waals surface area contributed by atoms with Gasteiger partial charge in [0.25, 0.3) is 0 Å². The van der Waals surface area contributed by atoms with Gasteiger partial charge in [0.05, 0.1) is 20.7 Å². The van der Waals surface area contributed by atoms with Crippen LogP contribution in [0.15, 0.2) is 24.3 Å². The third kappa shape index (κ3) is 4.59. The highest BCUT2D eigenvalue weighted by Crippen LogP contribution is 2.18. The maximum atomic E-state index is 5.25. The van der Waals surface area contributed by atoms with Gasteiger partial charge in [0.2, 0.25) is 5.82 Å². The van der Waals surface area contributed by atoms with E-state index >= 15 is 0 Å². The highest BCUT2D eigenvalue weighted by atomic mass is 16.5. The van der Waals surface area contributed by atoms with Gasteiger partial charge >= 0.3 is 0 Å². The molecule has 3 rings (SSSR count). The SMILES string of the molecule is COc1ccc(Cn2nnnc2[C@H](CC(C)C)[NH+]2CC[NH+](C)CC2)cc1. The van der Waals surface area contributed by atoms with Crippen LogP contribution in [0.3, 0.4) is 0 Å². The zero-order chi connectivity index (χ0) is 18.5. The number of hydrogen-bond donors (Lipinski definition) is 2. The molecule has 0 unspecified atom stereocenters. The largest absolute Gasteiger partial charge is 0.497 e. The number of methoxy groups -OCH3 is 1. The van der Waals surface area contributed by atoms with Crippen LogP contribution in [0.1, 0.15) is 37.7 Å². The van der Waals surface area contributed by atoms with Crippen molar-refractivity contribution in [3.05, 3.63) is 35.7 Å². The van der Waals surface area contributed by atoms with Crippen LogP contribution in [-0.4, -0.2) is 60.5 Å². The van der Waals surface area contributed by atoms with Crippen LogP contribution in [0, 0.1) is 5.92 Å². The smallest absolute Gasteiger partial charge is 0.209 e. The van der Waals surface area contributed by atoms with Gasteiger partial charge in [0.1, 0.15) is 31.9 Å². The summed E-state index contributed by atoms with van der Waals surface area (Å²) in [7, 11) is 3.97. The topological polar surface area (TPSA) is 61.7 Å². The normalized spacial score (nSPS) is 21.7. The van der Waals surface area contributed by atoms with E-state index in [0.29, 0.717) is 18.5 Å². The maximum Gasteiger partial charge on any atom is 0.209 e. The van der Waals surface area contributed by atoms with Gasteiger partial charge < -0.3 is 14.5 Å². The molecule has 1 aliphatic heterocycles. The summed E-state index contributed by atoms with van der Waals surface area (Å²) in [6.45, 7) is 10.0. The Morgan fingerprint density at radius 1 is 1.12 bits per heavy atom. The van der Waals surface area contributed by atoms with E-state index in [9.17, 15) is 0 Å². The Hall–Kier alpha value is -1.99. The zero-order valence-corrected chi connectivity index (χ0v) is 16.4. The Kier molecular flexibility index (Phi) is 6.21. The number of rotatable bonds is 7. The van der Waals surface area contributed by atoms with E-state index in [1.54, 1.807) is 16.9 Å². The first-order valence-electron chi connectivity index (χ1n) is 9.61. The zero-order valence-electron chi connectivity index (χ0n) is 16.4. The third-order valence-electron chi connectivity index (χ3n) is 5.31. The minimum Gasteiger partial charge on any atom is -0.497 e. The summed E-state index contributed by atoms with van der Waals surface area (Å²) in [6, 6.07) is 8.48. The van der Waals surface area contributed by atoms with Crippen molar-refractivity contribution in [1.82, 2.24) is 20.2 Å². The molecule has 0 spiro atoms. The fraction of sp³-hybridized carbons (Fsp3) is 0.632. The number of nitrogens with one attached hydrogen (secondary N) is 2. The monoisotopic (exact) mass is 360 g/mol. The van der Waals surface area contributed by atoms with Crippen LogP contribution in [0.2, 0.25) is 0 Å². The van der Waals surface area contributed by atoms with Crippen molar-refractivity contribution in [2.75, 3.05) is 40.3 Å². The lowest BCUT2D eigenvalue weighted by Gasteiger charge is -2.33. The highest BCUT2D eigenvalue weighted by Gasteiger charge is 2.33. The van der Waals surface area contributed by atoms with Gasteiger partial charge in [0.15, 0.2) is 6.04 Å². The van der Waals surface area contributed by atoms with E-state index in [1.807, 2.05) is 16.8 Å². The number of tetrazole rings is 1. The maximum absolute atomic E-state index is 5.25. The minimum absolute atomic E-state index is 0.358. The number of benzene rings is 1. The molecule has 0 bridgehead atoms. The molecule has 1 aromatic carbocycles. The second-order valence-electron chi connectivity index (χ2n) is 7.84. The van der Waals surface area contributed by atoms with Gasteiger partial charge in [0, 0.05) is 6.42 Å². The molecule has 7 heteroatoms. The predicted octanol–water partition coefficient (Wildman–Crippen LogP) is -0.770. The molecule has 26 heavy (non-hydrogen) atoms. The quantitative estimate of drug-likeness (QED) is 0.681. The molecule has 2 aromatic rings. The van der Waals surface area contributed by atoms with Gasteiger partial charge in [-0.1, -0.05) is 26.0 Å². The molecular weight excluding hydrogens is 328 g/mol. The fourth-order valence-electron chi connectivity index (χ4n) is 3.75. The molecule has 0 saturated carbocycles. The van der Waals surface area contributed by atoms with Crippen LogP contribution >= 0.6 is 0 Å². The van der Waals surface area contributed by atoms with Crippen molar-refractivity contribution in [2.24, 2.45) is 5.92 Å². The Labute approximate surface area is 155 Å². The number of aromatic nitrogens is 4. The van der Waals surface area contributed by atoms with Crippen LogP contribution in [-0.2, 0) is 6.54 Å². The van der Waals surface area contributed by atoms with E-state index in [1.165, 1.54) is 31.7 Å². The average Bonchev–Trinajstić information content (AvgIpc) is 3.09. The summed E-state index contributed by atoms with van der Waals surface area (Å²) in [6.07, 6.45) is 1.11. The second-order valence-corrected chi connectivity index (χ2v) is 7.84. The van der Waals surface area contributed by atoms with E-state index in [4.69, 9.17) is 4.74 Å². The molecule has 142 valence electrons. The molecule has 2 heterocycles. The number of piperazine rings is 1. The van der Waals surface area contributed by atoms with E-state index < -0.39 is 0 Å². The van der Waals surface area contributed by atoms with Crippen LogP contribution in [0.25, 0.3) is 0 Å². The molecule has 2 N–H and O–H groups in total. The van der Waals surface area contributed by atoms with Crippen molar-refractivity contribution >= 4 is 0 Å². The predicted molar refractivity (Wildman–Crippen MR) is 99.4 cm³/mol. The van der Waals surface area contributed by atoms with E-state index in [0.717, 1.165) is 18.0 Å². The molecule has 1 aliphatic rings. The van der Waals surface area contributed by atoms with Gasteiger partial charge in [-0.2, -0.15) is 0 Å². The second kappa shape index (κ2) is 8.60. The lowest BCUT2D eigenvalue weighted by molar-refractivity contribution is -1.02. The van der Waals surface area contributed by atoms with Gasteiger partial charge in [-0.3, -0.25) is 0 Å². The van der Waals surface area contributed by atoms with Crippen LogP contribution in [0.5, 0.6) is 5.75 Å². The summed E-state index contributed by atoms with van der Waals surface area (Å²) in [5, 5.41) is 12.8. The Morgan fingerprint density at radius 3 is 2.42 bits per heavy atom. The minimum atomic E-state index is 0.358. The molecule has 0 amide bonds. The van der Waals surface area contributed by atoms with Crippen molar-refractivity contribution in [1.29, 1.82) is 0 Å². The van der Waals surface area contributed by atoms with E-state index in [-0.39, 0.29) is 0 Å². The van der Waals surface area contributed by atoms with Gasteiger partial charge in [-0.05, 0) is 34.0 Å². The number of likely N-dealkylation sites (N-methyl/N-ethyl adjacent to an activating group) is 1. The Bertz CT molecular complexity index is 676. The molecule has 1 fully saturated rings. The molecule has 0 radical (unpaired) electrons. The Balaban J connectivity index is 1.79. The lowest BCUT2D eigenvalue weighted by atomic mass is 10.0. The van der Waals surface area contributed by atoms with Crippen molar-refractivity contribution in [2.45, 2.75) is 32.9 Å². The van der Waals surface area contributed by atoms with Crippen LogP contribution < -0.4 is 14.5 Å². The fourth-order valence-corrected chi connectivity index (χ4v) is 3.75. The summed E-state index contributed by atoms with van der Waals surface area (Å²) >= 11 is 0. The molecular formula is C19H32N6O+2. The molecule has 0 aliphatic carbocycles. The first-order valence-corrected chi connectivity index (χ1v) is 9.61. The highest BCUT2D eigenvalue weighted by molar-refractivity contribution is 5.27. The molecule has 1 aromatic heterocycles. The molecule has 1 saturated heterocycles. The average molecular weight is 361 g/mol. The summed E-state index contributed by atoms with van der Waals surface area (Å²) in [4.78, 5) is 3.24. The van der Waals surface area contributed by atoms with Gasteiger partial charge in [-0.25, -0.2) is 4.68 Å². The van der Waals surface area contributed by atoms with Gasteiger partial charge in [-0.15, -0.1) is 5.10 Å². The first kappa shape index (κ1) is 18.8. The number of ether oxygens (including phenoxy) is 1. The molecule has 1 atom stereocenters. The lowest BCUT2D eigenvalue weighted by Crippen LogP contribution is -3.27. The Morgan fingerprint density at radius 2 is 1.81 bits per heavy atom. The summed E-state index contributed by atoms with van der Waals surface area (Å²) in [5.41, 5.74) is 1.18. The van der Waals surface area contributed by atoms with Crippen molar-refractivity contribution < 1.29 is 14.5 Å².